The minimum absolute atomic E-state index is 0.00788. The van der Waals surface area contributed by atoms with E-state index in [1.54, 1.807) is 14.2 Å². The van der Waals surface area contributed by atoms with Crippen molar-refractivity contribution in [1.29, 1.82) is 0 Å². The molecular formula is C22H26N2O3. The lowest BCUT2D eigenvalue weighted by molar-refractivity contribution is 0.186. The highest BCUT2D eigenvalue weighted by Gasteiger charge is 2.46. The van der Waals surface area contributed by atoms with E-state index in [0.29, 0.717) is 18.8 Å². The van der Waals surface area contributed by atoms with Gasteiger partial charge in [-0.3, -0.25) is 0 Å². The molecule has 1 aliphatic carbocycles. The molecule has 0 radical (unpaired) electrons. The fourth-order valence-corrected chi connectivity index (χ4v) is 3.82. The summed E-state index contributed by atoms with van der Waals surface area (Å²) in [6, 6.07) is 12.5. The first kappa shape index (κ1) is 17.7. The van der Waals surface area contributed by atoms with Crippen molar-refractivity contribution < 1.29 is 14.3 Å². The summed E-state index contributed by atoms with van der Waals surface area (Å²) in [5.41, 5.74) is 4.58. The zero-order chi connectivity index (χ0) is 19.0. The highest BCUT2D eigenvalue weighted by atomic mass is 16.5. The average molecular weight is 366 g/mol. The number of nitrogens with zero attached hydrogens (tertiary/aromatic N) is 1. The molecule has 2 aromatic carbocycles. The van der Waals surface area contributed by atoms with Crippen LogP contribution >= 0.6 is 0 Å². The molecule has 1 heterocycles. The maximum atomic E-state index is 12.9. The normalized spacial score (nSPS) is 17.1. The lowest BCUT2D eigenvalue weighted by atomic mass is 9.99. The largest absolute Gasteiger partial charge is 0.493 e. The van der Waals surface area contributed by atoms with Gasteiger partial charge in [-0.25, -0.2) is 4.79 Å². The molecule has 1 fully saturated rings. The zero-order valence-corrected chi connectivity index (χ0v) is 16.2. The molecule has 2 aliphatic rings. The van der Waals surface area contributed by atoms with E-state index >= 15 is 0 Å². The maximum absolute atomic E-state index is 12.9. The standard InChI is InChI=1S/C22H26N2O3/c1-15-4-6-18(7-5-15)22(9-10-22)23-21(25)24-11-8-16-12-19(26-2)20(27-3)13-17(16)14-24/h4-7,12-13H,8-11,14H2,1-3H3,(H,23,25). The van der Waals surface area contributed by atoms with Gasteiger partial charge in [-0.15, -0.1) is 0 Å². The first-order valence-electron chi connectivity index (χ1n) is 9.43. The Hall–Kier alpha value is -2.69. The molecule has 2 aromatic rings. The highest BCUT2D eigenvalue weighted by molar-refractivity contribution is 5.76. The Morgan fingerprint density at radius 1 is 1.04 bits per heavy atom. The van der Waals surface area contributed by atoms with Crippen LogP contribution in [-0.4, -0.2) is 31.7 Å². The van der Waals surface area contributed by atoms with E-state index in [0.717, 1.165) is 30.6 Å². The minimum atomic E-state index is -0.192. The van der Waals surface area contributed by atoms with Gasteiger partial charge in [-0.2, -0.15) is 0 Å². The first-order valence-corrected chi connectivity index (χ1v) is 9.43. The number of aryl methyl sites for hydroxylation is 1. The summed E-state index contributed by atoms with van der Waals surface area (Å²) < 4.78 is 10.8. The number of hydrogen-bond acceptors (Lipinski definition) is 3. The van der Waals surface area contributed by atoms with Crippen molar-refractivity contribution in [2.45, 2.75) is 38.3 Å². The maximum Gasteiger partial charge on any atom is 0.318 e. The molecule has 1 saturated carbocycles. The summed E-state index contributed by atoms with van der Waals surface area (Å²) in [5.74, 6) is 1.45. The predicted molar refractivity (Wildman–Crippen MR) is 104 cm³/mol. The van der Waals surface area contributed by atoms with Crippen LogP contribution in [0.25, 0.3) is 0 Å². The molecule has 27 heavy (non-hydrogen) atoms. The van der Waals surface area contributed by atoms with Crippen LogP contribution in [0.4, 0.5) is 4.79 Å². The molecule has 4 rings (SSSR count). The molecule has 142 valence electrons. The van der Waals surface area contributed by atoms with Crippen LogP contribution in [-0.2, 0) is 18.5 Å². The van der Waals surface area contributed by atoms with Gasteiger partial charge in [0.15, 0.2) is 11.5 Å². The number of methoxy groups -OCH3 is 2. The number of benzene rings is 2. The Labute approximate surface area is 160 Å². The summed E-state index contributed by atoms with van der Waals surface area (Å²) in [5, 5.41) is 3.29. The van der Waals surface area contributed by atoms with E-state index in [9.17, 15) is 4.79 Å². The van der Waals surface area contributed by atoms with E-state index in [4.69, 9.17) is 9.47 Å². The lowest BCUT2D eigenvalue weighted by Gasteiger charge is -2.31. The van der Waals surface area contributed by atoms with Crippen molar-refractivity contribution in [1.82, 2.24) is 10.2 Å². The zero-order valence-electron chi connectivity index (χ0n) is 16.2. The SMILES string of the molecule is COc1cc2c(cc1OC)CN(C(=O)NC1(c3ccc(C)cc3)CC1)CC2. The van der Waals surface area contributed by atoms with Gasteiger partial charge in [0, 0.05) is 13.1 Å². The molecule has 0 unspecified atom stereocenters. The fraction of sp³-hybridized carbons (Fsp3) is 0.409. The van der Waals surface area contributed by atoms with Crippen LogP contribution in [0, 0.1) is 6.92 Å². The summed E-state index contributed by atoms with van der Waals surface area (Å²) in [6.45, 7) is 3.38. The van der Waals surface area contributed by atoms with Crippen LogP contribution in [0.1, 0.15) is 35.1 Å². The molecule has 0 aromatic heterocycles. The predicted octanol–water partition coefficient (Wildman–Crippen LogP) is 3.77. The van der Waals surface area contributed by atoms with Gasteiger partial charge >= 0.3 is 6.03 Å². The Balaban J connectivity index is 1.49. The number of fused-ring (bicyclic) bond motifs is 1. The fourth-order valence-electron chi connectivity index (χ4n) is 3.82. The molecule has 5 nitrogen and oxygen atoms in total. The average Bonchev–Trinajstić information content (AvgIpc) is 3.47. The van der Waals surface area contributed by atoms with Gasteiger partial charge < -0.3 is 19.7 Å². The second-order valence-corrected chi connectivity index (χ2v) is 7.53. The Morgan fingerprint density at radius 2 is 1.67 bits per heavy atom. The minimum Gasteiger partial charge on any atom is -0.493 e. The van der Waals surface area contributed by atoms with E-state index < -0.39 is 0 Å². The van der Waals surface area contributed by atoms with Crippen LogP contribution in [0.3, 0.4) is 0 Å². The Kier molecular flexibility index (Phi) is 4.46. The molecule has 5 heteroatoms. The number of carbonyl (C=O) groups excluding carboxylic acids is 1. The second-order valence-electron chi connectivity index (χ2n) is 7.53. The number of nitrogens with one attached hydrogen (secondary N) is 1. The molecule has 0 atom stereocenters. The van der Waals surface area contributed by atoms with E-state index in [1.165, 1.54) is 16.7 Å². The molecule has 0 saturated heterocycles. The van der Waals surface area contributed by atoms with Gasteiger partial charge in [0.2, 0.25) is 0 Å². The van der Waals surface area contributed by atoms with Crippen LogP contribution < -0.4 is 14.8 Å². The molecule has 2 amide bonds. The first-order chi connectivity index (χ1) is 13.0. The molecule has 0 spiro atoms. The number of hydrogen-bond donors (Lipinski definition) is 1. The van der Waals surface area contributed by atoms with Crippen molar-refractivity contribution in [2.75, 3.05) is 20.8 Å². The van der Waals surface area contributed by atoms with Crippen LogP contribution in [0.15, 0.2) is 36.4 Å². The van der Waals surface area contributed by atoms with Crippen molar-refractivity contribution in [3.8, 4) is 11.5 Å². The smallest absolute Gasteiger partial charge is 0.318 e. The molecule has 1 N–H and O–H groups in total. The van der Waals surface area contributed by atoms with Gasteiger partial charge in [-0.1, -0.05) is 29.8 Å². The topological polar surface area (TPSA) is 50.8 Å². The number of ether oxygens (including phenoxy) is 2. The third kappa shape index (κ3) is 3.34. The van der Waals surface area contributed by atoms with Crippen molar-refractivity contribution in [3.63, 3.8) is 0 Å². The summed E-state index contributed by atoms with van der Waals surface area (Å²) in [6.07, 6.45) is 2.81. The summed E-state index contributed by atoms with van der Waals surface area (Å²) >= 11 is 0. The van der Waals surface area contributed by atoms with Gasteiger partial charge in [0.05, 0.1) is 19.8 Å². The molecule has 1 aliphatic heterocycles. The summed E-state index contributed by atoms with van der Waals surface area (Å²) in [7, 11) is 3.28. The number of rotatable bonds is 4. The van der Waals surface area contributed by atoms with Crippen molar-refractivity contribution in [2.24, 2.45) is 0 Å². The second kappa shape index (κ2) is 6.80. The number of urea groups is 1. The molecular weight excluding hydrogens is 340 g/mol. The van der Waals surface area contributed by atoms with E-state index in [-0.39, 0.29) is 11.6 Å². The monoisotopic (exact) mass is 366 g/mol. The van der Waals surface area contributed by atoms with Crippen LogP contribution in [0.5, 0.6) is 11.5 Å². The summed E-state index contributed by atoms with van der Waals surface area (Å²) in [4.78, 5) is 14.8. The third-order valence-corrected chi connectivity index (χ3v) is 5.71. The third-order valence-electron chi connectivity index (χ3n) is 5.71. The van der Waals surface area contributed by atoms with Crippen LogP contribution in [0.2, 0.25) is 0 Å². The van der Waals surface area contributed by atoms with Crippen molar-refractivity contribution in [3.05, 3.63) is 58.7 Å². The lowest BCUT2D eigenvalue weighted by Crippen LogP contribution is -2.46. The molecule has 0 bridgehead atoms. The van der Waals surface area contributed by atoms with E-state index in [1.807, 2.05) is 17.0 Å². The van der Waals surface area contributed by atoms with Gasteiger partial charge in [0.1, 0.15) is 0 Å². The number of amides is 2. The van der Waals surface area contributed by atoms with E-state index in [2.05, 4.69) is 36.5 Å². The Morgan fingerprint density at radius 3 is 2.26 bits per heavy atom. The van der Waals surface area contributed by atoms with Gasteiger partial charge in [-0.05, 0) is 55.0 Å². The van der Waals surface area contributed by atoms with Gasteiger partial charge in [0.25, 0.3) is 0 Å². The highest BCUT2D eigenvalue weighted by Crippen LogP contribution is 2.45. The number of carbonyl (C=O) groups is 1. The quantitative estimate of drug-likeness (QED) is 0.896. The van der Waals surface area contributed by atoms with Crippen molar-refractivity contribution >= 4 is 6.03 Å². The Bertz CT molecular complexity index is 857.